The molecular weight excluding hydrogens is 278 g/mol. The highest BCUT2D eigenvalue weighted by atomic mass is 35.5. The van der Waals surface area contributed by atoms with Crippen LogP contribution in [0.25, 0.3) is 0 Å². The fraction of sp³-hybridized carbons (Fsp3) is 0.333. The van der Waals surface area contributed by atoms with Gasteiger partial charge >= 0.3 is 0 Å². The topological polar surface area (TPSA) is 21.3 Å². The van der Waals surface area contributed by atoms with Crippen molar-refractivity contribution in [3.05, 3.63) is 51.2 Å². The van der Waals surface area contributed by atoms with Gasteiger partial charge in [0.15, 0.2) is 0 Å². The number of nitrogens with one attached hydrogen (secondary N) is 1. The van der Waals surface area contributed by atoms with Crippen molar-refractivity contribution in [1.29, 1.82) is 0 Å². The molecule has 0 aliphatic rings. The highest BCUT2D eigenvalue weighted by Crippen LogP contribution is 2.26. The molecule has 0 amide bonds. The van der Waals surface area contributed by atoms with Crippen molar-refractivity contribution in [1.82, 2.24) is 5.32 Å². The van der Waals surface area contributed by atoms with Crippen LogP contribution in [0.15, 0.2) is 35.7 Å². The Morgan fingerprint density at radius 3 is 2.79 bits per heavy atom. The van der Waals surface area contributed by atoms with E-state index in [1.54, 1.807) is 18.4 Å². The molecule has 1 unspecified atom stereocenters. The molecule has 1 N–H and O–H groups in total. The zero-order valence-electron chi connectivity index (χ0n) is 11.2. The lowest BCUT2D eigenvalue weighted by Gasteiger charge is -2.16. The van der Waals surface area contributed by atoms with E-state index in [1.807, 2.05) is 18.2 Å². The van der Waals surface area contributed by atoms with Crippen LogP contribution in [0.2, 0.25) is 5.02 Å². The molecule has 1 atom stereocenters. The Hall–Kier alpha value is -1.03. The molecule has 2 rings (SSSR count). The van der Waals surface area contributed by atoms with Crippen molar-refractivity contribution in [3.8, 4) is 5.75 Å². The van der Waals surface area contributed by atoms with Crippen molar-refractivity contribution >= 4 is 22.9 Å². The highest BCUT2D eigenvalue weighted by molar-refractivity contribution is 7.10. The van der Waals surface area contributed by atoms with Gasteiger partial charge in [0.25, 0.3) is 0 Å². The predicted molar refractivity (Wildman–Crippen MR) is 82.2 cm³/mol. The lowest BCUT2D eigenvalue weighted by Crippen LogP contribution is -2.19. The van der Waals surface area contributed by atoms with Gasteiger partial charge < -0.3 is 10.1 Å². The number of thiophene rings is 1. The summed E-state index contributed by atoms with van der Waals surface area (Å²) in [5, 5.41) is 6.34. The van der Waals surface area contributed by atoms with Crippen LogP contribution in [0.5, 0.6) is 5.75 Å². The SMILES string of the molecule is CCC(NCc1ccc(OC)c(Cl)c1)c1cccs1. The van der Waals surface area contributed by atoms with Gasteiger partial charge in [-0.2, -0.15) is 0 Å². The third kappa shape index (κ3) is 3.72. The molecule has 0 spiro atoms. The first-order valence-corrected chi connectivity index (χ1v) is 7.59. The molecule has 2 aromatic rings. The molecule has 0 fully saturated rings. The van der Waals surface area contributed by atoms with Gasteiger partial charge in [-0.25, -0.2) is 0 Å². The number of rotatable bonds is 6. The molecule has 19 heavy (non-hydrogen) atoms. The average Bonchev–Trinajstić information content (AvgIpc) is 2.94. The van der Waals surface area contributed by atoms with Crippen molar-refractivity contribution in [2.75, 3.05) is 7.11 Å². The maximum Gasteiger partial charge on any atom is 0.137 e. The van der Waals surface area contributed by atoms with Crippen molar-refractivity contribution in [3.63, 3.8) is 0 Å². The van der Waals surface area contributed by atoms with Gasteiger partial charge in [-0.15, -0.1) is 11.3 Å². The second-order valence-electron chi connectivity index (χ2n) is 4.33. The van der Waals surface area contributed by atoms with Crippen LogP contribution in [0.1, 0.15) is 29.8 Å². The average molecular weight is 296 g/mol. The van der Waals surface area contributed by atoms with Gasteiger partial charge in [-0.05, 0) is 35.6 Å². The first-order valence-electron chi connectivity index (χ1n) is 6.33. The second kappa shape index (κ2) is 6.94. The minimum Gasteiger partial charge on any atom is -0.495 e. The van der Waals surface area contributed by atoms with E-state index in [4.69, 9.17) is 16.3 Å². The molecular formula is C15H18ClNOS. The summed E-state index contributed by atoms with van der Waals surface area (Å²) in [6, 6.07) is 10.6. The Kier molecular flexibility index (Phi) is 5.25. The quantitative estimate of drug-likeness (QED) is 0.837. The summed E-state index contributed by atoms with van der Waals surface area (Å²) < 4.78 is 5.15. The maximum atomic E-state index is 6.13. The Balaban J connectivity index is 1.99. The van der Waals surface area contributed by atoms with E-state index < -0.39 is 0 Å². The first kappa shape index (κ1) is 14.4. The largest absolute Gasteiger partial charge is 0.495 e. The molecule has 0 aliphatic carbocycles. The Morgan fingerprint density at radius 2 is 2.21 bits per heavy atom. The first-order chi connectivity index (χ1) is 9.24. The van der Waals surface area contributed by atoms with E-state index in [0.29, 0.717) is 11.1 Å². The number of methoxy groups -OCH3 is 1. The summed E-state index contributed by atoms with van der Waals surface area (Å²) in [7, 11) is 1.63. The van der Waals surface area contributed by atoms with Gasteiger partial charge in [-0.3, -0.25) is 0 Å². The van der Waals surface area contributed by atoms with Crippen LogP contribution in [0.3, 0.4) is 0 Å². The van der Waals surface area contributed by atoms with E-state index in [2.05, 4.69) is 29.8 Å². The molecule has 1 aromatic carbocycles. The van der Waals surface area contributed by atoms with E-state index in [0.717, 1.165) is 18.7 Å². The number of hydrogen-bond donors (Lipinski definition) is 1. The number of benzene rings is 1. The molecule has 0 aliphatic heterocycles. The number of halogens is 1. The zero-order valence-corrected chi connectivity index (χ0v) is 12.7. The lowest BCUT2D eigenvalue weighted by atomic mass is 10.1. The minimum atomic E-state index is 0.404. The minimum absolute atomic E-state index is 0.404. The van der Waals surface area contributed by atoms with Crippen LogP contribution >= 0.6 is 22.9 Å². The monoisotopic (exact) mass is 295 g/mol. The molecule has 1 heterocycles. The normalized spacial score (nSPS) is 12.4. The van der Waals surface area contributed by atoms with E-state index in [-0.39, 0.29) is 0 Å². The summed E-state index contributed by atoms with van der Waals surface area (Å²) in [5.41, 5.74) is 1.17. The summed E-state index contributed by atoms with van der Waals surface area (Å²) in [6.07, 6.45) is 1.07. The van der Waals surface area contributed by atoms with Gasteiger partial charge in [0.1, 0.15) is 5.75 Å². The molecule has 0 saturated heterocycles. The van der Waals surface area contributed by atoms with Crippen molar-refractivity contribution in [2.24, 2.45) is 0 Å². The number of ether oxygens (including phenoxy) is 1. The molecule has 4 heteroatoms. The molecule has 0 radical (unpaired) electrons. The van der Waals surface area contributed by atoms with Gasteiger partial charge in [-0.1, -0.05) is 30.7 Å². The maximum absolute atomic E-state index is 6.13. The van der Waals surface area contributed by atoms with Crippen LogP contribution < -0.4 is 10.1 Å². The van der Waals surface area contributed by atoms with Crippen molar-refractivity contribution < 1.29 is 4.74 Å². The smallest absolute Gasteiger partial charge is 0.137 e. The molecule has 0 bridgehead atoms. The van der Waals surface area contributed by atoms with Gasteiger partial charge in [0.2, 0.25) is 0 Å². The second-order valence-corrected chi connectivity index (χ2v) is 5.71. The summed E-state index contributed by atoms with van der Waals surface area (Å²) in [6.45, 7) is 3.00. The third-order valence-corrected chi connectivity index (χ3v) is 4.35. The molecule has 1 aromatic heterocycles. The lowest BCUT2D eigenvalue weighted by molar-refractivity contribution is 0.414. The van der Waals surface area contributed by atoms with E-state index in [1.165, 1.54) is 10.4 Å². The third-order valence-electron chi connectivity index (χ3n) is 3.06. The van der Waals surface area contributed by atoms with Crippen LogP contribution in [-0.4, -0.2) is 7.11 Å². The zero-order chi connectivity index (χ0) is 13.7. The van der Waals surface area contributed by atoms with Gasteiger partial charge in [0.05, 0.1) is 12.1 Å². The van der Waals surface area contributed by atoms with Crippen LogP contribution in [0.4, 0.5) is 0 Å². The summed E-state index contributed by atoms with van der Waals surface area (Å²) in [5.74, 6) is 0.718. The fourth-order valence-electron chi connectivity index (χ4n) is 2.00. The highest BCUT2D eigenvalue weighted by Gasteiger charge is 2.10. The molecule has 2 nitrogen and oxygen atoms in total. The predicted octanol–water partition coefficient (Wildman–Crippen LogP) is 4.65. The molecule has 0 saturated carbocycles. The Morgan fingerprint density at radius 1 is 1.37 bits per heavy atom. The number of hydrogen-bond acceptors (Lipinski definition) is 3. The Labute approximate surface area is 123 Å². The van der Waals surface area contributed by atoms with Gasteiger partial charge in [0, 0.05) is 17.5 Å². The van der Waals surface area contributed by atoms with Crippen LogP contribution in [0, 0.1) is 0 Å². The summed E-state index contributed by atoms with van der Waals surface area (Å²) >= 11 is 7.92. The van der Waals surface area contributed by atoms with E-state index >= 15 is 0 Å². The van der Waals surface area contributed by atoms with Crippen LogP contribution in [-0.2, 0) is 6.54 Å². The Bertz CT molecular complexity index is 513. The summed E-state index contributed by atoms with van der Waals surface area (Å²) in [4.78, 5) is 1.38. The van der Waals surface area contributed by atoms with E-state index in [9.17, 15) is 0 Å². The standard InChI is InChI=1S/C15H18ClNOS/c1-3-13(15-5-4-8-19-15)17-10-11-6-7-14(18-2)12(16)9-11/h4-9,13,17H,3,10H2,1-2H3. The molecule has 102 valence electrons. The fourth-order valence-corrected chi connectivity index (χ4v) is 3.16. The van der Waals surface area contributed by atoms with Crippen molar-refractivity contribution in [2.45, 2.75) is 25.9 Å².